The lowest BCUT2D eigenvalue weighted by atomic mass is 9.93. The van der Waals surface area contributed by atoms with Gasteiger partial charge in [-0.05, 0) is 30.0 Å². The van der Waals surface area contributed by atoms with Gasteiger partial charge in [0.25, 0.3) is 0 Å². The van der Waals surface area contributed by atoms with Crippen molar-refractivity contribution in [2.45, 2.75) is 26.4 Å². The number of benzene rings is 1. The van der Waals surface area contributed by atoms with Crippen molar-refractivity contribution in [2.24, 2.45) is 5.41 Å². The highest BCUT2D eigenvalue weighted by molar-refractivity contribution is 5.91. The SMILES string of the molecule is CC1(C)CCN(c2ccc(C(F)(F)F)c(C(=O)O)c2)C1. The van der Waals surface area contributed by atoms with Crippen molar-refractivity contribution >= 4 is 11.7 Å². The molecule has 1 aliphatic rings. The zero-order chi connectivity index (χ0) is 15.1. The van der Waals surface area contributed by atoms with Gasteiger partial charge in [-0.25, -0.2) is 4.79 Å². The first-order valence-corrected chi connectivity index (χ1v) is 6.30. The Hall–Kier alpha value is -1.72. The normalized spacial score (nSPS) is 18.4. The zero-order valence-corrected chi connectivity index (χ0v) is 11.3. The van der Waals surface area contributed by atoms with E-state index in [1.165, 1.54) is 6.07 Å². The number of anilines is 1. The van der Waals surface area contributed by atoms with Crippen LogP contribution in [0.25, 0.3) is 0 Å². The van der Waals surface area contributed by atoms with Gasteiger partial charge in [0.15, 0.2) is 0 Å². The highest BCUT2D eigenvalue weighted by Crippen LogP contribution is 2.37. The first kappa shape index (κ1) is 14.7. The number of aromatic carboxylic acids is 1. The number of carbonyl (C=O) groups is 1. The maximum absolute atomic E-state index is 12.8. The summed E-state index contributed by atoms with van der Waals surface area (Å²) in [6, 6.07) is 3.31. The number of carboxylic acid groups (broad SMARTS) is 1. The van der Waals surface area contributed by atoms with Crippen molar-refractivity contribution in [3.63, 3.8) is 0 Å². The van der Waals surface area contributed by atoms with Crippen molar-refractivity contribution in [1.29, 1.82) is 0 Å². The number of alkyl halides is 3. The number of rotatable bonds is 2. The minimum Gasteiger partial charge on any atom is -0.478 e. The van der Waals surface area contributed by atoms with Crippen LogP contribution in [0.15, 0.2) is 18.2 Å². The second-order valence-corrected chi connectivity index (χ2v) is 5.87. The summed E-state index contributed by atoms with van der Waals surface area (Å²) in [5.74, 6) is -1.56. The minimum atomic E-state index is -4.66. The summed E-state index contributed by atoms with van der Waals surface area (Å²) in [5, 5.41) is 8.98. The third kappa shape index (κ3) is 2.89. The number of carboxylic acids is 1. The molecule has 0 radical (unpaired) electrons. The molecule has 1 aromatic carbocycles. The van der Waals surface area contributed by atoms with E-state index in [1.54, 1.807) is 0 Å². The fourth-order valence-electron chi connectivity index (χ4n) is 2.49. The standard InChI is InChI=1S/C14H16F3NO2/c1-13(2)5-6-18(8-13)9-3-4-11(14(15,16)17)10(7-9)12(19)20/h3-4,7H,5-6,8H2,1-2H3,(H,19,20). The highest BCUT2D eigenvalue weighted by Gasteiger charge is 2.36. The summed E-state index contributed by atoms with van der Waals surface area (Å²) in [4.78, 5) is 13.0. The molecule has 0 atom stereocenters. The topological polar surface area (TPSA) is 40.5 Å². The van der Waals surface area contributed by atoms with E-state index in [0.29, 0.717) is 12.2 Å². The van der Waals surface area contributed by atoms with E-state index in [0.717, 1.165) is 25.1 Å². The Balaban J connectivity index is 2.39. The molecule has 0 spiro atoms. The van der Waals surface area contributed by atoms with Crippen molar-refractivity contribution in [3.05, 3.63) is 29.3 Å². The maximum atomic E-state index is 12.8. The van der Waals surface area contributed by atoms with Crippen LogP contribution in [0.5, 0.6) is 0 Å². The Morgan fingerprint density at radius 1 is 1.35 bits per heavy atom. The zero-order valence-electron chi connectivity index (χ0n) is 11.3. The van der Waals surface area contributed by atoms with Crippen LogP contribution >= 0.6 is 0 Å². The Morgan fingerprint density at radius 3 is 2.45 bits per heavy atom. The Kier molecular flexibility index (Phi) is 3.44. The summed E-state index contributed by atoms with van der Waals surface area (Å²) in [7, 11) is 0. The van der Waals surface area contributed by atoms with Crippen LogP contribution < -0.4 is 4.90 Å². The van der Waals surface area contributed by atoms with E-state index < -0.39 is 23.3 Å². The largest absolute Gasteiger partial charge is 0.478 e. The van der Waals surface area contributed by atoms with Crippen molar-refractivity contribution in [2.75, 3.05) is 18.0 Å². The molecule has 0 amide bonds. The summed E-state index contributed by atoms with van der Waals surface area (Å²) < 4.78 is 38.3. The molecule has 1 aromatic rings. The molecular formula is C14H16F3NO2. The lowest BCUT2D eigenvalue weighted by molar-refractivity contribution is -0.138. The van der Waals surface area contributed by atoms with Gasteiger partial charge in [0.1, 0.15) is 0 Å². The fourth-order valence-corrected chi connectivity index (χ4v) is 2.49. The molecular weight excluding hydrogens is 271 g/mol. The average Bonchev–Trinajstić information content (AvgIpc) is 2.67. The summed E-state index contributed by atoms with van der Waals surface area (Å²) in [6.45, 7) is 5.58. The summed E-state index contributed by atoms with van der Waals surface area (Å²) >= 11 is 0. The quantitative estimate of drug-likeness (QED) is 0.902. The lowest BCUT2D eigenvalue weighted by Crippen LogP contribution is -2.23. The molecule has 110 valence electrons. The van der Waals surface area contributed by atoms with Gasteiger partial charge in [-0.1, -0.05) is 13.8 Å². The third-order valence-electron chi connectivity index (χ3n) is 3.58. The predicted octanol–water partition coefficient (Wildman–Crippen LogP) is 3.64. The number of hydrogen-bond donors (Lipinski definition) is 1. The van der Waals surface area contributed by atoms with E-state index in [1.807, 2.05) is 4.90 Å². The highest BCUT2D eigenvalue weighted by atomic mass is 19.4. The van der Waals surface area contributed by atoms with Gasteiger partial charge in [-0.3, -0.25) is 0 Å². The van der Waals surface area contributed by atoms with E-state index in [4.69, 9.17) is 5.11 Å². The number of hydrogen-bond acceptors (Lipinski definition) is 2. The predicted molar refractivity (Wildman–Crippen MR) is 69.0 cm³/mol. The fraction of sp³-hybridized carbons (Fsp3) is 0.500. The Bertz CT molecular complexity index is 538. The van der Waals surface area contributed by atoms with E-state index in [-0.39, 0.29) is 5.41 Å². The lowest BCUT2D eigenvalue weighted by Gasteiger charge is -2.22. The molecule has 0 aromatic heterocycles. The van der Waals surface area contributed by atoms with Crippen LogP contribution in [0.4, 0.5) is 18.9 Å². The molecule has 0 saturated carbocycles. The van der Waals surface area contributed by atoms with Gasteiger partial charge < -0.3 is 10.0 Å². The van der Waals surface area contributed by atoms with Gasteiger partial charge >= 0.3 is 12.1 Å². The van der Waals surface area contributed by atoms with Crippen LogP contribution in [0, 0.1) is 5.41 Å². The van der Waals surface area contributed by atoms with Gasteiger partial charge in [-0.2, -0.15) is 13.2 Å². The van der Waals surface area contributed by atoms with Crippen LogP contribution in [0.1, 0.15) is 36.2 Å². The first-order chi connectivity index (χ1) is 9.10. The van der Waals surface area contributed by atoms with E-state index in [2.05, 4.69) is 13.8 Å². The maximum Gasteiger partial charge on any atom is 0.417 e. The van der Waals surface area contributed by atoms with E-state index >= 15 is 0 Å². The Labute approximate surface area is 115 Å². The Morgan fingerprint density at radius 2 is 2.00 bits per heavy atom. The average molecular weight is 287 g/mol. The van der Waals surface area contributed by atoms with Crippen LogP contribution in [0.3, 0.4) is 0 Å². The van der Waals surface area contributed by atoms with Gasteiger partial charge in [0, 0.05) is 18.8 Å². The third-order valence-corrected chi connectivity index (χ3v) is 3.58. The van der Waals surface area contributed by atoms with Crippen LogP contribution in [-0.4, -0.2) is 24.2 Å². The van der Waals surface area contributed by atoms with E-state index in [9.17, 15) is 18.0 Å². The van der Waals surface area contributed by atoms with Crippen molar-refractivity contribution in [1.82, 2.24) is 0 Å². The molecule has 3 nitrogen and oxygen atoms in total. The first-order valence-electron chi connectivity index (χ1n) is 6.30. The summed E-state index contributed by atoms with van der Waals surface area (Å²) in [5.41, 5.74) is -1.18. The molecule has 20 heavy (non-hydrogen) atoms. The van der Waals surface area contributed by atoms with Gasteiger partial charge in [0.05, 0.1) is 11.1 Å². The second kappa shape index (κ2) is 4.68. The molecule has 2 rings (SSSR count). The molecule has 0 aliphatic carbocycles. The smallest absolute Gasteiger partial charge is 0.417 e. The van der Waals surface area contributed by atoms with Crippen LogP contribution in [0.2, 0.25) is 0 Å². The molecule has 0 bridgehead atoms. The molecule has 6 heteroatoms. The monoisotopic (exact) mass is 287 g/mol. The van der Waals surface area contributed by atoms with Gasteiger partial charge in [0.2, 0.25) is 0 Å². The number of halogens is 3. The minimum absolute atomic E-state index is 0.0894. The van der Waals surface area contributed by atoms with Crippen LogP contribution in [-0.2, 0) is 6.18 Å². The molecule has 0 unspecified atom stereocenters. The van der Waals surface area contributed by atoms with Crippen molar-refractivity contribution < 1.29 is 23.1 Å². The summed E-state index contributed by atoms with van der Waals surface area (Å²) in [6.07, 6.45) is -3.73. The molecule has 1 N–H and O–H groups in total. The van der Waals surface area contributed by atoms with Gasteiger partial charge in [-0.15, -0.1) is 0 Å². The molecule has 1 fully saturated rings. The molecule has 1 saturated heterocycles. The number of nitrogens with zero attached hydrogens (tertiary/aromatic N) is 1. The second-order valence-electron chi connectivity index (χ2n) is 5.87. The van der Waals surface area contributed by atoms with Crippen molar-refractivity contribution in [3.8, 4) is 0 Å². The molecule has 1 aliphatic heterocycles. The molecule has 1 heterocycles.